The summed E-state index contributed by atoms with van der Waals surface area (Å²) in [7, 11) is 0. The van der Waals surface area contributed by atoms with Crippen LogP contribution < -0.4 is 0 Å². The molecular formula is C15H18ClNOS. The van der Waals surface area contributed by atoms with Crippen LogP contribution in [-0.4, -0.2) is 10.6 Å². The predicted octanol–water partition coefficient (Wildman–Crippen LogP) is 4.86. The molecular weight excluding hydrogens is 278 g/mol. The first-order chi connectivity index (χ1) is 8.99. The van der Waals surface area contributed by atoms with E-state index >= 15 is 0 Å². The van der Waals surface area contributed by atoms with Gasteiger partial charge >= 0.3 is 0 Å². The molecule has 0 radical (unpaired) electrons. The number of thiazole rings is 1. The summed E-state index contributed by atoms with van der Waals surface area (Å²) in [6.45, 7) is 6.77. The van der Waals surface area contributed by atoms with Gasteiger partial charge in [0.15, 0.2) is 0 Å². The van der Waals surface area contributed by atoms with Gasteiger partial charge in [0.05, 0.1) is 23.8 Å². The third-order valence-corrected chi connectivity index (χ3v) is 3.80. The number of hydrogen-bond acceptors (Lipinski definition) is 3. The Morgan fingerprint density at radius 2 is 2.00 bits per heavy atom. The molecule has 0 aliphatic heterocycles. The standard InChI is InChI=1S/C15H18ClNOS/c1-15(2,3)18-9-11-6-4-5-7-13(11)14-17-12(8-16)10-19-14/h4-7,10H,8-9H2,1-3H3. The van der Waals surface area contributed by atoms with Gasteiger partial charge in [-0.3, -0.25) is 0 Å². The predicted molar refractivity (Wildman–Crippen MR) is 81.6 cm³/mol. The second kappa shape index (κ2) is 6.04. The topological polar surface area (TPSA) is 22.1 Å². The van der Waals surface area contributed by atoms with Crippen molar-refractivity contribution in [2.45, 2.75) is 38.9 Å². The molecule has 0 atom stereocenters. The zero-order valence-electron chi connectivity index (χ0n) is 11.4. The number of hydrogen-bond donors (Lipinski definition) is 0. The van der Waals surface area contributed by atoms with Crippen LogP contribution in [0.4, 0.5) is 0 Å². The first-order valence-corrected chi connectivity index (χ1v) is 7.63. The van der Waals surface area contributed by atoms with Crippen LogP contribution in [0.5, 0.6) is 0 Å². The number of aromatic nitrogens is 1. The van der Waals surface area contributed by atoms with Crippen molar-refractivity contribution < 1.29 is 4.74 Å². The number of nitrogens with zero attached hydrogens (tertiary/aromatic N) is 1. The zero-order chi connectivity index (χ0) is 13.9. The van der Waals surface area contributed by atoms with E-state index < -0.39 is 0 Å². The Bertz CT molecular complexity index is 545. The third-order valence-electron chi connectivity index (χ3n) is 2.60. The first kappa shape index (κ1) is 14.5. The number of halogens is 1. The van der Waals surface area contributed by atoms with Gasteiger partial charge in [0.25, 0.3) is 0 Å². The first-order valence-electron chi connectivity index (χ1n) is 6.22. The van der Waals surface area contributed by atoms with Crippen molar-refractivity contribution in [2.75, 3.05) is 0 Å². The van der Waals surface area contributed by atoms with E-state index in [9.17, 15) is 0 Å². The van der Waals surface area contributed by atoms with Crippen LogP contribution in [0.3, 0.4) is 0 Å². The Morgan fingerprint density at radius 1 is 1.26 bits per heavy atom. The van der Waals surface area contributed by atoms with Crippen molar-refractivity contribution in [3.63, 3.8) is 0 Å². The van der Waals surface area contributed by atoms with Crippen LogP contribution in [0.25, 0.3) is 10.6 Å². The van der Waals surface area contributed by atoms with Gasteiger partial charge < -0.3 is 4.74 Å². The summed E-state index contributed by atoms with van der Waals surface area (Å²) in [4.78, 5) is 4.54. The molecule has 0 spiro atoms. The Morgan fingerprint density at radius 3 is 2.63 bits per heavy atom. The molecule has 0 aliphatic rings. The number of alkyl halides is 1. The Balaban J connectivity index is 2.25. The van der Waals surface area contributed by atoms with Gasteiger partial charge in [0, 0.05) is 10.9 Å². The van der Waals surface area contributed by atoms with E-state index in [1.54, 1.807) is 11.3 Å². The van der Waals surface area contributed by atoms with Crippen LogP contribution >= 0.6 is 22.9 Å². The molecule has 0 N–H and O–H groups in total. The van der Waals surface area contributed by atoms with Crippen molar-refractivity contribution in [1.82, 2.24) is 4.98 Å². The average molecular weight is 296 g/mol. The van der Waals surface area contributed by atoms with Gasteiger partial charge in [-0.25, -0.2) is 4.98 Å². The second-order valence-corrected chi connectivity index (χ2v) is 6.46. The summed E-state index contributed by atoms with van der Waals surface area (Å²) in [5.74, 6) is 0.456. The Kier molecular flexibility index (Phi) is 4.61. The van der Waals surface area contributed by atoms with E-state index in [1.165, 1.54) is 0 Å². The summed E-state index contributed by atoms with van der Waals surface area (Å²) in [5.41, 5.74) is 3.08. The largest absolute Gasteiger partial charge is 0.371 e. The quantitative estimate of drug-likeness (QED) is 0.751. The van der Waals surface area contributed by atoms with E-state index in [-0.39, 0.29) is 5.60 Å². The molecule has 102 valence electrons. The summed E-state index contributed by atoms with van der Waals surface area (Å²) in [6.07, 6.45) is 0. The lowest BCUT2D eigenvalue weighted by Gasteiger charge is -2.20. The maximum Gasteiger partial charge on any atom is 0.124 e. The van der Waals surface area contributed by atoms with Crippen LogP contribution in [0.2, 0.25) is 0 Å². The lowest BCUT2D eigenvalue weighted by Crippen LogP contribution is -2.18. The van der Waals surface area contributed by atoms with Crippen molar-refractivity contribution in [2.24, 2.45) is 0 Å². The van der Waals surface area contributed by atoms with E-state index in [0.717, 1.165) is 21.8 Å². The van der Waals surface area contributed by atoms with E-state index in [0.29, 0.717) is 12.5 Å². The molecule has 2 nitrogen and oxygen atoms in total. The highest BCUT2D eigenvalue weighted by Crippen LogP contribution is 2.28. The van der Waals surface area contributed by atoms with Crippen molar-refractivity contribution >= 4 is 22.9 Å². The lowest BCUT2D eigenvalue weighted by molar-refractivity contribution is -0.0147. The van der Waals surface area contributed by atoms with Crippen molar-refractivity contribution in [3.05, 3.63) is 40.9 Å². The molecule has 0 amide bonds. The molecule has 0 fully saturated rings. The van der Waals surface area contributed by atoms with Crippen molar-refractivity contribution in [1.29, 1.82) is 0 Å². The second-order valence-electron chi connectivity index (χ2n) is 5.34. The maximum atomic E-state index is 5.86. The van der Waals surface area contributed by atoms with Crippen LogP contribution in [-0.2, 0) is 17.2 Å². The smallest absolute Gasteiger partial charge is 0.124 e. The van der Waals surface area contributed by atoms with Crippen LogP contribution in [0.1, 0.15) is 32.0 Å². The van der Waals surface area contributed by atoms with Gasteiger partial charge in [-0.15, -0.1) is 22.9 Å². The fourth-order valence-corrected chi connectivity index (χ4v) is 2.75. The number of ether oxygens (including phenoxy) is 1. The van der Waals surface area contributed by atoms with Gasteiger partial charge in [-0.2, -0.15) is 0 Å². The molecule has 1 aromatic heterocycles. The highest BCUT2D eigenvalue weighted by Gasteiger charge is 2.13. The molecule has 2 rings (SSSR count). The average Bonchev–Trinajstić information content (AvgIpc) is 2.84. The highest BCUT2D eigenvalue weighted by molar-refractivity contribution is 7.13. The van der Waals surface area contributed by atoms with Gasteiger partial charge in [0.2, 0.25) is 0 Å². The van der Waals surface area contributed by atoms with Crippen LogP contribution in [0.15, 0.2) is 29.6 Å². The van der Waals surface area contributed by atoms with Gasteiger partial charge in [-0.1, -0.05) is 24.3 Å². The lowest BCUT2D eigenvalue weighted by atomic mass is 10.1. The molecule has 0 aliphatic carbocycles. The highest BCUT2D eigenvalue weighted by atomic mass is 35.5. The summed E-state index contributed by atoms with van der Waals surface area (Å²) in [6, 6.07) is 8.22. The third kappa shape index (κ3) is 4.03. The van der Waals surface area contributed by atoms with Gasteiger partial charge in [-0.05, 0) is 26.3 Å². The summed E-state index contributed by atoms with van der Waals surface area (Å²) < 4.78 is 5.86. The van der Waals surface area contributed by atoms with Crippen LogP contribution in [0, 0.1) is 0 Å². The Hall–Kier alpha value is -0.900. The van der Waals surface area contributed by atoms with Crippen molar-refractivity contribution in [3.8, 4) is 10.6 Å². The molecule has 2 aromatic rings. The number of rotatable bonds is 4. The normalized spacial score (nSPS) is 11.8. The molecule has 4 heteroatoms. The SMILES string of the molecule is CC(C)(C)OCc1ccccc1-c1nc(CCl)cs1. The molecule has 1 heterocycles. The zero-order valence-corrected chi connectivity index (χ0v) is 13.0. The molecule has 1 aromatic carbocycles. The minimum absolute atomic E-state index is 0.142. The molecule has 0 unspecified atom stereocenters. The molecule has 0 saturated heterocycles. The molecule has 0 saturated carbocycles. The maximum absolute atomic E-state index is 5.86. The van der Waals surface area contributed by atoms with E-state index in [2.05, 4.69) is 37.9 Å². The summed E-state index contributed by atoms with van der Waals surface area (Å²) >= 11 is 7.43. The van der Waals surface area contributed by atoms with E-state index in [1.807, 2.05) is 17.5 Å². The van der Waals surface area contributed by atoms with Gasteiger partial charge in [0.1, 0.15) is 5.01 Å². The molecule has 0 bridgehead atoms. The fourth-order valence-electron chi connectivity index (χ4n) is 1.64. The monoisotopic (exact) mass is 295 g/mol. The Labute approximate surface area is 123 Å². The fraction of sp³-hybridized carbons (Fsp3) is 0.400. The number of benzene rings is 1. The minimum Gasteiger partial charge on any atom is -0.371 e. The van der Waals surface area contributed by atoms with E-state index in [4.69, 9.17) is 16.3 Å². The minimum atomic E-state index is -0.142. The molecule has 19 heavy (non-hydrogen) atoms. The summed E-state index contributed by atoms with van der Waals surface area (Å²) in [5, 5.41) is 3.01.